The predicted molar refractivity (Wildman–Crippen MR) is 85.8 cm³/mol. The molecule has 1 saturated heterocycles. The lowest BCUT2D eigenvalue weighted by Crippen LogP contribution is -2.38. The molecule has 116 valence electrons. The quantitative estimate of drug-likeness (QED) is 0.520. The van der Waals surface area contributed by atoms with Crippen LogP contribution in [0.3, 0.4) is 0 Å². The Morgan fingerprint density at radius 3 is 2.47 bits per heavy atom. The predicted octanol–water partition coefficient (Wildman–Crippen LogP) is 2.00. The van der Waals surface area contributed by atoms with Crippen molar-refractivity contribution in [2.45, 2.75) is 26.2 Å². The van der Waals surface area contributed by atoms with Crippen molar-refractivity contribution in [2.75, 3.05) is 66.1 Å². The van der Waals surface area contributed by atoms with E-state index in [0.29, 0.717) is 0 Å². The fraction of sp³-hybridized carbons (Fsp3) is 1.00. The van der Waals surface area contributed by atoms with Gasteiger partial charge in [0, 0.05) is 32.5 Å². The van der Waals surface area contributed by atoms with Gasteiger partial charge in [-0.25, -0.2) is 0 Å². The van der Waals surface area contributed by atoms with Crippen molar-refractivity contribution in [3.8, 4) is 0 Å². The second-order valence-electron chi connectivity index (χ2n) is 4.66. The van der Waals surface area contributed by atoms with Crippen LogP contribution < -0.4 is 5.32 Å². The summed E-state index contributed by atoms with van der Waals surface area (Å²) in [4.78, 5) is 2.41. The smallest absolute Gasteiger partial charge is 0.0594 e. The van der Waals surface area contributed by atoms with Gasteiger partial charge in [0.25, 0.3) is 0 Å². The third kappa shape index (κ3) is 14.5. The molecule has 0 aromatic heterocycles. The zero-order chi connectivity index (χ0) is 14.2. The molecule has 4 nitrogen and oxygen atoms in total. The van der Waals surface area contributed by atoms with Crippen molar-refractivity contribution in [1.82, 2.24) is 10.2 Å². The molecular formula is C14H33N2O2P. The number of morpholine rings is 1. The van der Waals surface area contributed by atoms with Crippen molar-refractivity contribution in [1.29, 1.82) is 0 Å². The van der Waals surface area contributed by atoms with Crippen LogP contribution in [-0.4, -0.2) is 71.0 Å². The standard InChI is InChI=1S/C11H23NO2.C3H10NP/c1-2-3-4-8-13-9-5-12-6-10-14-11-7-12;1-4-3-5-2/h2-11H2,1H3;4-5H,3H2,1-2H3. The van der Waals surface area contributed by atoms with Crippen molar-refractivity contribution < 1.29 is 9.47 Å². The highest BCUT2D eigenvalue weighted by molar-refractivity contribution is 7.36. The summed E-state index contributed by atoms with van der Waals surface area (Å²) in [6, 6.07) is 0. The summed E-state index contributed by atoms with van der Waals surface area (Å²) in [6.45, 7) is 11.2. The normalized spacial score (nSPS) is 16.6. The molecule has 0 amide bonds. The van der Waals surface area contributed by atoms with E-state index in [-0.39, 0.29) is 0 Å². The van der Waals surface area contributed by atoms with E-state index in [2.05, 4.69) is 23.8 Å². The van der Waals surface area contributed by atoms with Gasteiger partial charge in [0.05, 0.1) is 19.8 Å². The minimum absolute atomic E-state index is 0.879. The van der Waals surface area contributed by atoms with Gasteiger partial charge >= 0.3 is 0 Å². The maximum atomic E-state index is 5.56. The molecule has 0 aliphatic carbocycles. The van der Waals surface area contributed by atoms with Crippen LogP contribution in [0.25, 0.3) is 0 Å². The van der Waals surface area contributed by atoms with Crippen molar-refractivity contribution in [3.05, 3.63) is 0 Å². The number of nitrogens with one attached hydrogen (secondary N) is 1. The first kappa shape index (κ1) is 19.3. The molecule has 0 bridgehead atoms. The van der Waals surface area contributed by atoms with Gasteiger partial charge < -0.3 is 14.8 Å². The highest BCUT2D eigenvalue weighted by Crippen LogP contribution is 1.97. The van der Waals surface area contributed by atoms with E-state index >= 15 is 0 Å². The average Bonchev–Trinajstić information content (AvgIpc) is 2.45. The summed E-state index contributed by atoms with van der Waals surface area (Å²) in [7, 11) is 3.02. The summed E-state index contributed by atoms with van der Waals surface area (Å²) in [6.07, 6.45) is 4.93. The molecule has 1 heterocycles. The Morgan fingerprint density at radius 2 is 1.95 bits per heavy atom. The van der Waals surface area contributed by atoms with Crippen LogP contribution in [0.1, 0.15) is 26.2 Å². The Hall–Kier alpha value is 0.270. The van der Waals surface area contributed by atoms with E-state index in [1.165, 1.54) is 25.5 Å². The highest BCUT2D eigenvalue weighted by Gasteiger charge is 2.08. The SMILES string of the molecule is CCCCCOCCN1CCOCC1.CNCPC. The Morgan fingerprint density at radius 1 is 1.21 bits per heavy atom. The molecule has 1 aliphatic heterocycles. The number of nitrogens with zero attached hydrogens (tertiary/aromatic N) is 1. The molecule has 1 aliphatic rings. The van der Waals surface area contributed by atoms with Crippen LogP contribution in [-0.2, 0) is 9.47 Å². The molecule has 0 radical (unpaired) electrons. The highest BCUT2D eigenvalue weighted by atomic mass is 31.1. The molecule has 19 heavy (non-hydrogen) atoms. The van der Waals surface area contributed by atoms with Gasteiger partial charge in [-0.05, 0) is 20.1 Å². The Balaban J connectivity index is 0.000000555. The minimum Gasteiger partial charge on any atom is -0.380 e. The fourth-order valence-corrected chi connectivity index (χ4v) is 2.10. The zero-order valence-electron chi connectivity index (χ0n) is 13.0. The summed E-state index contributed by atoms with van der Waals surface area (Å²) in [5, 5.41) is 3.03. The lowest BCUT2D eigenvalue weighted by atomic mass is 10.3. The molecule has 0 aromatic rings. The second kappa shape index (κ2) is 16.3. The van der Waals surface area contributed by atoms with Gasteiger partial charge in [0.2, 0.25) is 0 Å². The van der Waals surface area contributed by atoms with Crippen LogP contribution in [0.2, 0.25) is 0 Å². The molecule has 0 spiro atoms. The third-order valence-corrected chi connectivity index (χ3v) is 3.61. The van der Waals surface area contributed by atoms with E-state index in [0.717, 1.165) is 54.6 Å². The molecule has 0 saturated carbocycles. The first-order valence-electron chi connectivity index (χ1n) is 7.52. The van der Waals surface area contributed by atoms with Crippen molar-refractivity contribution in [2.24, 2.45) is 0 Å². The van der Waals surface area contributed by atoms with Gasteiger partial charge in [-0.1, -0.05) is 19.8 Å². The number of rotatable bonds is 9. The average molecular weight is 292 g/mol. The van der Waals surface area contributed by atoms with Gasteiger partial charge in [0.1, 0.15) is 0 Å². The van der Waals surface area contributed by atoms with Gasteiger partial charge in [-0.15, -0.1) is 8.58 Å². The van der Waals surface area contributed by atoms with Gasteiger partial charge in [-0.2, -0.15) is 0 Å². The molecule has 1 N–H and O–H groups in total. The fourth-order valence-electron chi connectivity index (χ4n) is 1.75. The van der Waals surface area contributed by atoms with Crippen LogP contribution in [0, 0.1) is 0 Å². The monoisotopic (exact) mass is 292 g/mol. The summed E-state index contributed by atoms with van der Waals surface area (Å²) < 4.78 is 10.8. The molecule has 5 heteroatoms. The first-order valence-corrected chi connectivity index (χ1v) is 9.22. The van der Waals surface area contributed by atoms with E-state index in [4.69, 9.17) is 9.47 Å². The first-order chi connectivity index (χ1) is 9.35. The number of hydrogen-bond acceptors (Lipinski definition) is 4. The van der Waals surface area contributed by atoms with E-state index in [1.807, 2.05) is 7.05 Å². The summed E-state index contributed by atoms with van der Waals surface area (Å²) in [5.74, 6) is 0. The molecule has 1 unspecified atom stereocenters. The molecular weight excluding hydrogens is 259 g/mol. The molecule has 1 rings (SSSR count). The molecule has 1 atom stereocenters. The largest absolute Gasteiger partial charge is 0.380 e. The van der Waals surface area contributed by atoms with Crippen LogP contribution in [0.4, 0.5) is 0 Å². The molecule has 0 aromatic carbocycles. The summed E-state index contributed by atoms with van der Waals surface area (Å²) >= 11 is 0. The zero-order valence-corrected chi connectivity index (χ0v) is 14.0. The number of ether oxygens (including phenoxy) is 2. The lowest BCUT2D eigenvalue weighted by Gasteiger charge is -2.26. The van der Waals surface area contributed by atoms with E-state index in [9.17, 15) is 0 Å². The van der Waals surface area contributed by atoms with Crippen LogP contribution in [0.5, 0.6) is 0 Å². The van der Waals surface area contributed by atoms with Crippen LogP contribution >= 0.6 is 8.58 Å². The minimum atomic E-state index is 0.879. The Kier molecular flexibility index (Phi) is 16.6. The Bertz CT molecular complexity index is 166. The van der Waals surface area contributed by atoms with E-state index in [1.54, 1.807) is 0 Å². The Labute approximate surface area is 121 Å². The van der Waals surface area contributed by atoms with Crippen molar-refractivity contribution in [3.63, 3.8) is 0 Å². The van der Waals surface area contributed by atoms with Gasteiger partial charge in [-0.3, -0.25) is 4.90 Å². The second-order valence-corrected chi connectivity index (χ2v) is 5.72. The molecule has 1 fully saturated rings. The maximum absolute atomic E-state index is 5.56. The van der Waals surface area contributed by atoms with Gasteiger partial charge in [0.15, 0.2) is 0 Å². The van der Waals surface area contributed by atoms with E-state index < -0.39 is 0 Å². The summed E-state index contributed by atoms with van der Waals surface area (Å²) in [5.41, 5.74) is 0. The van der Waals surface area contributed by atoms with Crippen molar-refractivity contribution >= 4 is 8.58 Å². The lowest BCUT2D eigenvalue weighted by molar-refractivity contribution is 0.0200. The van der Waals surface area contributed by atoms with Crippen LogP contribution in [0.15, 0.2) is 0 Å². The number of hydrogen-bond donors (Lipinski definition) is 1. The topological polar surface area (TPSA) is 33.7 Å². The third-order valence-electron chi connectivity index (χ3n) is 2.90. The number of unbranched alkanes of at least 4 members (excludes halogenated alkanes) is 2. The maximum Gasteiger partial charge on any atom is 0.0594 e.